The minimum absolute atomic E-state index is 0.0283. The van der Waals surface area contributed by atoms with Crippen molar-refractivity contribution in [2.24, 2.45) is 0 Å². The third-order valence-electron chi connectivity index (χ3n) is 5.12. The van der Waals surface area contributed by atoms with E-state index in [-0.39, 0.29) is 18.4 Å². The predicted octanol–water partition coefficient (Wildman–Crippen LogP) is 3.48. The molecule has 1 N–H and O–H groups in total. The van der Waals surface area contributed by atoms with Crippen molar-refractivity contribution in [2.45, 2.75) is 44.1 Å². The lowest BCUT2D eigenvalue weighted by Crippen LogP contribution is -2.25. The van der Waals surface area contributed by atoms with E-state index in [0.717, 1.165) is 35.5 Å². The van der Waals surface area contributed by atoms with Crippen LogP contribution in [0.2, 0.25) is 0 Å². The van der Waals surface area contributed by atoms with Crippen molar-refractivity contribution >= 4 is 11.7 Å². The number of hydrogen-bond donors (Lipinski definition) is 1. The largest absolute Gasteiger partial charge is 0.481 e. The molecular weight excluding hydrogens is 314 g/mol. The van der Waals surface area contributed by atoms with E-state index in [1.54, 1.807) is 0 Å². The van der Waals surface area contributed by atoms with Gasteiger partial charge in [0.2, 0.25) is 5.91 Å². The molecule has 1 aromatic carbocycles. The van der Waals surface area contributed by atoms with Gasteiger partial charge in [-0.05, 0) is 30.5 Å². The molecule has 1 unspecified atom stereocenters. The lowest BCUT2D eigenvalue weighted by molar-refractivity contribution is -0.116. The second-order valence-corrected chi connectivity index (χ2v) is 6.70. The van der Waals surface area contributed by atoms with Gasteiger partial charge in [-0.3, -0.25) is 4.79 Å². The van der Waals surface area contributed by atoms with E-state index in [0.29, 0.717) is 12.5 Å². The molecule has 2 heterocycles. The second kappa shape index (κ2) is 6.64. The van der Waals surface area contributed by atoms with Crippen molar-refractivity contribution in [3.63, 3.8) is 0 Å². The van der Waals surface area contributed by atoms with Crippen LogP contribution in [-0.2, 0) is 4.79 Å². The average molecular weight is 335 g/mol. The average Bonchev–Trinajstić information content (AvgIpc) is 3.29. The highest BCUT2D eigenvalue weighted by Crippen LogP contribution is 2.40. The quantitative estimate of drug-likeness (QED) is 0.870. The number of carbonyl (C=O) groups excluding carboxylic acids is 1. The number of anilines is 1. The zero-order valence-electron chi connectivity index (χ0n) is 14.1. The zero-order chi connectivity index (χ0) is 17.2. The number of amides is 1. The van der Waals surface area contributed by atoms with Crippen LogP contribution in [0.15, 0.2) is 30.5 Å². The van der Waals surface area contributed by atoms with Crippen molar-refractivity contribution in [2.75, 3.05) is 11.9 Å². The van der Waals surface area contributed by atoms with E-state index in [9.17, 15) is 4.79 Å². The van der Waals surface area contributed by atoms with Crippen LogP contribution in [0, 0.1) is 12.3 Å². The summed E-state index contributed by atoms with van der Waals surface area (Å²) in [6, 6.07) is 8.22. The van der Waals surface area contributed by atoms with Crippen LogP contribution >= 0.6 is 0 Å². The van der Waals surface area contributed by atoms with E-state index in [4.69, 9.17) is 11.2 Å². The van der Waals surface area contributed by atoms with E-state index in [1.165, 1.54) is 12.8 Å². The molecule has 2 aliphatic rings. The molecule has 4 rings (SSSR count). The van der Waals surface area contributed by atoms with Gasteiger partial charge in [-0.1, -0.05) is 30.9 Å². The Morgan fingerprint density at radius 3 is 2.76 bits per heavy atom. The Hall–Kier alpha value is -2.74. The summed E-state index contributed by atoms with van der Waals surface area (Å²) in [6.07, 6.45) is 12.3. The maximum absolute atomic E-state index is 12.3. The molecule has 1 saturated carbocycles. The summed E-state index contributed by atoms with van der Waals surface area (Å²) in [5.41, 5.74) is 2.19. The van der Waals surface area contributed by atoms with E-state index < -0.39 is 0 Å². The smallest absolute Gasteiger partial charge is 0.226 e. The molecule has 0 spiro atoms. The van der Waals surface area contributed by atoms with E-state index in [2.05, 4.69) is 16.3 Å². The molecule has 1 aliphatic heterocycles. The second-order valence-electron chi connectivity index (χ2n) is 6.70. The fraction of sp³-hybridized carbons (Fsp3) is 0.400. The molecule has 1 aliphatic carbocycles. The number of nitrogens with one attached hydrogen (secondary N) is 1. The van der Waals surface area contributed by atoms with Gasteiger partial charge in [-0.15, -0.1) is 6.42 Å². The molecule has 0 saturated heterocycles. The molecule has 1 amide bonds. The normalized spacial score (nSPS) is 20.0. The van der Waals surface area contributed by atoms with Gasteiger partial charge in [0.25, 0.3) is 0 Å². The number of fused-ring (bicyclic) bond motifs is 1. The predicted molar refractivity (Wildman–Crippen MR) is 95.6 cm³/mol. The highest BCUT2D eigenvalue weighted by molar-refractivity contribution is 5.94. The van der Waals surface area contributed by atoms with Crippen LogP contribution in [-0.4, -0.2) is 22.3 Å². The fourth-order valence-corrected chi connectivity index (χ4v) is 3.88. The van der Waals surface area contributed by atoms with Crippen molar-refractivity contribution in [3.05, 3.63) is 41.6 Å². The number of hydrogen-bond acceptors (Lipinski definition) is 3. The Morgan fingerprint density at radius 2 is 2.04 bits per heavy atom. The van der Waals surface area contributed by atoms with Gasteiger partial charge in [0.15, 0.2) is 0 Å². The van der Waals surface area contributed by atoms with Crippen molar-refractivity contribution in [3.8, 4) is 18.1 Å². The fourth-order valence-electron chi connectivity index (χ4n) is 3.88. The third kappa shape index (κ3) is 3.00. The Labute approximate surface area is 147 Å². The zero-order valence-corrected chi connectivity index (χ0v) is 14.1. The molecule has 1 aromatic heterocycles. The highest BCUT2D eigenvalue weighted by atomic mass is 16.5. The van der Waals surface area contributed by atoms with Crippen LogP contribution in [0.25, 0.3) is 0 Å². The molecule has 1 fully saturated rings. The maximum Gasteiger partial charge on any atom is 0.226 e. The lowest BCUT2D eigenvalue weighted by atomic mass is 9.87. The van der Waals surface area contributed by atoms with Crippen molar-refractivity contribution in [1.29, 1.82) is 0 Å². The third-order valence-corrected chi connectivity index (χ3v) is 5.12. The number of aromatic nitrogens is 2. The molecule has 1 atom stereocenters. The van der Waals surface area contributed by atoms with E-state index >= 15 is 0 Å². The Balaban J connectivity index is 1.63. The van der Waals surface area contributed by atoms with Gasteiger partial charge < -0.3 is 10.1 Å². The van der Waals surface area contributed by atoms with Crippen molar-refractivity contribution in [1.82, 2.24) is 9.78 Å². The van der Waals surface area contributed by atoms with Gasteiger partial charge in [-0.2, -0.15) is 5.10 Å². The summed E-state index contributed by atoms with van der Waals surface area (Å²) in [6.45, 7) is 0.253. The van der Waals surface area contributed by atoms with Crippen LogP contribution in [0.1, 0.15) is 55.2 Å². The summed E-state index contributed by atoms with van der Waals surface area (Å²) >= 11 is 0. The number of rotatable bonds is 4. The summed E-state index contributed by atoms with van der Waals surface area (Å²) in [7, 11) is 0. The van der Waals surface area contributed by atoms with Crippen LogP contribution in [0.3, 0.4) is 0 Å². The summed E-state index contributed by atoms with van der Waals surface area (Å²) in [4.78, 5) is 12.3. The van der Waals surface area contributed by atoms with Crippen LogP contribution < -0.4 is 10.1 Å². The van der Waals surface area contributed by atoms with Gasteiger partial charge >= 0.3 is 0 Å². The van der Waals surface area contributed by atoms with E-state index in [1.807, 2.05) is 35.1 Å². The molecule has 2 aromatic rings. The molecule has 5 heteroatoms. The monoisotopic (exact) mass is 335 g/mol. The molecule has 0 radical (unpaired) electrons. The molecule has 128 valence electrons. The Kier molecular flexibility index (Phi) is 4.19. The Morgan fingerprint density at radius 1 is 1.28 bits per heavy atom. The summed E-state index contributed by atoms with van der Waals surface area (Å²) in [5.74, 6) is 4.15. The summed E-state index contributed by atoms with van der Waals surface area (Å²) in [5, 5.41) is 7.64. The highest BCUT2D eigenvalue weighted by Gasteiger charge is 2.32. The standard InChI is InChI=1S/C20H21N3O2/c1-2-11-25-16-9-7-14(8-10-16)17-12-19(24)22-20-18(17)13-21-23(20)15-5-3-4-6-15/h1,7-10,13,15,17H,3-6,11-12H2,(H,22,24). The first-order chi connectivity index (χ1) is 12.3. The number of carbonyl (C=O) groups is 1. The first kappa shape index (κ1) is 15.8. The lowest BCUT2D eigenvalue weighted by Gasteiger charge is -2.25. The number of terminal acetylenes is 1. The Bertz CT molecular complexity index is 810. The first-order valence-corrected chi connectivity index (χ1v) is 8.79. The molecular formula is C20H21N3O2. The molecule has 0 bridgehead atoms. The van der Waals surface area contributed by atoms with Crippen LogP contribution in [0.5, 0.6) is 5.75 Å². The first-order valence-electron chi connectivity index (χ1n) is 8.79. The SMILES string of the molecule is C#CCOc1ccc(C2CC(=O)Nc3c2cnn3C2CCCC2)cc1. The number of benzene rings is 1. The summed E-state index contributed by atoms with van der Waals surface area (Å²) < 4.78 is 7.45. The number of nitrogens with zero attached hydrogens (tertiary/aromatic N) is 2. The number of ether oxygens (including phenoxy) is 1. The van der Waals surface area contributed by atoms with Gasteiger partial charge in [0.1, 0.15) is 18.2 Å². The van der Waals surface area contributed by atoms with Gasteiger partial charge in [0, 0.05) is 17.9 Å². The van der Waals surface area contributed by atoms with Gasteiger partial charge in [0.05, 0.1) is 12.2 Å². The minimum atomic E-state index is 0.0283. The maximum atomic E-state index is 12.3. The van der Waals surface area contributed by atoms with Crippen molar-refractivity contribution < 1.29 is 9.53 Å². The molecule has 5 nitrogen and oxygen atoms in total. The molecule has 25 heavy (non-hydrogen) atoms. The minimum Gasteiger partial charge on any atom is -0.481 e. The topological polar surface area (TPSA) is 56.1 Å². The van der Waals surface area contributed by atoms with Crippen LogP contribution in [0.4, 0.5) is 5.82 Å². The van der Waals surface area contributed by atoms with Gasteiger partial charge in [-0.25, -0.2) is 4.68 Å².